The smallest absolute Gasteiger partial charge is 0.326 e. The lowest BCUT2D eigenvalue weighted by atomic mass is 10.0. The van der Waals surface area contributed by atoms with Gasteiger partial charge in [0.05, 0.1) is 18.8 Å². The Kier molecular flexibility index (Phi) is 13.8. The molecule has 1 aromatic rings. The van der Waals surface area contributed by atoms with E-state index in [-0.39, 0.29) is 38.1 Å². The Bertz CT molecular complexity index is 1390. The van der Waals surface area contributed by atoms with Crippen molar-refractivity contribution in [3.63, 3.8) is 0 Å². The summed E-state index contributed by atoms with van der Waals surface area (Å²) in [5.74, 6) is -6.81. The summed E-state index contributed by atoms with van der Waals surface area (Å²) in [6.45, 7) is 0.479. The Morgan fingerprint density at radius 3 is 1.98 bits per heavy atom. The van der Waals surface area contributed by atoms with Crippen LogP contribution in [0, 0.1) is 0 Å². The molecule has 7 atom stereocenters. The molecule has 2 saturated heterocycles. The van der Waals surface area contributed by atoms with Crippen LogP contribution < -0.4 is 21.7 Å². The number of hydrogen-bond acceptors (Lipinski definition) is 11. The number of carbonyl (C=O) groups excluding carboxylic acids is 5. The Morgan fingerprint density at radius 2 is 1.43 bits per heavy atom. The van der Waals surface area contributed by atoms with Crippen LogP contribution in [0.2, 0.25) is 0 Å². The van der Waals surface area contributed by atoms with Crippen molar-refractivity contribution in [3.05, 3.63) is 29.8 Å². The van der Waals surface area contributed by atoms with Crippen molar-refractivity contribution >= 4 is 41.5 Å². The monoisotopic (exact) mass is 692 g/mol. The van der Waals surface area contributed by atoms with Gasteiger partial charge in [0, 0.05) is 19.5 Å². The van der Waals surface area contributed by atoms with Crippen LogP contribution in [-0.4, -0.2) is 139 Å². The predicted octanol–water partition coefficient (Wildman–Crippen LogP) is -2.98. The van der Waals surface area contributed by atoms with Gasteiger partial charge >= 0.3 is 11.9 Å². The van der Waals surface area contributed by atoms with E-state index in [1.807, 2.05) is 0 Å². The summed E-state index contributed by atoms with van der Waals surface area (Å²) in [6.07, 6.45) is -1.10. The molecule has 18 nitrogen and oxygen atoms in total. The molecule has 1 aromatic carbocycles. The quantitative estimate of drug-likeness (QED) is 0.0837. The minimum atomic E-state index is -1.72. The largest absolute Gasteiger partial charge is 0.508 e. The number of aromatic hydroxyl groups is 1. The highest BCUT2D eigenvalue weighted by molar-refractivity contribution is 5.97. The molecule has 2 fully saturated rings. The number of carboxylic acids is 2. The van der Waals surface area contributed by atoms with E-state index in [0.29, 0.717) is 18.4 Å². The van der Waals surface area contributed by atoms with E-state index in [4.69, 9.17) is 10.8 Å². The van der Waals surface area contributed by atoms with Gasteiger partial charge in [-0.25, -0.2) is 4.79 Å². The first-order valence-corrected chi connectivity index (χ1v) is 15.9. The van der Waals surface area contributed by atoms with E-state index >= 15 is 0 Å². The number of nitrogens with one attached hydrogen (secondary N) is 3. The van der Waals surface area contributed by atoms with E-state index in [0.717, 1.165) is 4.90 Å². The summed E-state index contributed by atoms with van der Waals surface area (Å²) in [5, 5.41) is 55.3. The van der Waals surface area contributed by atoms with E-state index in [2.05, 4.69) is 16.0 Å². The molecule has 0 unspecified atom stereocenters. The second-order valence-corrected chi connectivity index (χ2v) is 12.2. The highest BCUT2D eigenvalue weighted by atomic mass is 16.4. The van der Waals surface area contributed by atoms with Crippen LogP contribution >= 0.6 is 0 Å². The van der Waals surface area contributed by atoms with Crippen LogP contribution in [0.5, 0.6) is 5.75 Å². The summed E-state index contributed by atoms with van der Waals surface area (Å²) < 4.78 is 0. The van der Waals surface area contributed by atoms with Crippen molar-refractivity contribution in [3.8, 4) is 5.75 Å². The Labute approximate surface area is 281 Å². The van der Waals surface area contributed by atoms with Gasteiger partial charge in [0.15, 0.2) is 0 Å². The summed E-state index contributed by atoms with van der Waals surface area (Å²) in [7, 11) is 0. The molecule has 2 aliphatic rings. The van der Waals surface area contributed by atoms with Crippen LogP contribution in [0.3, 0.4) is 0 Å². The number of rotatable bonds is 16. The van der Waals surface area contributed by atoms with Gasteiger partial charge < -0.3 is 57.0 Å². The summed E-state index contributed by atoms with van der Waals surface area (Å²) >= 11 is 0. The highest BCUT2D eigenvalue weighted by Gasteiger charge is 2.40. The number of carbonyl (C=O) groups is 7. The van der Waals surface area contributed by atoms with Gasteiger partial charge in [-0.1, -0.05) is 12.1 Å². The topological polar surface area (TPSA) is 289 Å². The number of aliphatic hydroxyl groups excluding tert-OH is 2. The van der Waals surface area contributed by atoms with E-state index < -0.39 is 103 Å². The van der Waals surface area contributed by atoms with Crippen molar-refractivity contribution in [2.75, 3.05) is 19.7 Å². The second kappa shape index (κ2) is 17.5. The summed E-state index contributed by atoms with van der Waals surface area (Å²) in [4.78, 5) is 91.1. The van der Waals surface area contributed by atoms with E-state index in [1.165, 1.54) is 24.0 Å². The van der Waals surface area contributed by atoms with Crippen LogP contribution in [0.4, 0.5) is 0 Å². The normalized spacial score (nSPS) is 20.4. The van der Waals surface area contributed by atoms with Crippen molar-refractivity contribution < 1.29 is 59.1 Å². The maximum absolute atomic E-state index is 13.3. The Hall–Kier alpha value is -4.81. The van der Waals surface area contributed by atoms with Gasteiger partial charge in [0.25, 0.3) is 0 Å². The first kappa shape index (κ1) is 38.6. The van der Waals surface area contributed by atoms with Crippen LogP contribution in [-0.2, 0) is 40.0 Å². The van der Waals surface area contributed by atoms with E-state index in [1.54, 1.807) is 12.1 Å². The molecule has 3 rings (SSSR count). The lowest BCUT2D eigenvalue weighted by Gasteiger charge is -2.30. The molecule has 0 radical (unpaired) electrons. The van der Waals surface area contributed by atoms with Crippen molar-refractivity contribution in [1.29, 1.82) is 0 Å². The highest BCUT2D eigenvalue weighted by Crippen LogP contribution is 2.21. The lowest BCUT2D eigenvalue weighted by Crippen LogP contribution is -2.61. The molecule has 18 heteroatoms. The maximum atomic E-state index is 13.3. The number of likely N-dealkylation sites (tertiary alicyclic amines) is 2. The zero-order valence-corrected chi connectivity index (χ0v) is 27.0. The molecule has 49 heavy (non-hydrogen) atoms. The number of hydrogen-bond donors (Lipinski definition) is 9. The van der Waals surface area contributed by atoms with Crippen LogP contribution in [0.1, 0.15) is 51.0 Å². The van der Waals surface area contributed by atoms with Gasteiger partial charge in [0.2, 0.25) is 29.5 Å². The van der Waals surface area contributed by atoms with Gasteiger partial charge in [-0.2, -0.15) is 0 Å². The van der Waals surface area contributed by atoms with Gasteiger partial charge in [-0.3, -0.25) is 28.8 Å². The standard InChI is InChI=1S/C31H44N6O12/c1-16(39)25(35-27(44)22-4-2-12-36(22)29(46)19(32)14-17-6-8-18(40)9-7-17)28(45)34-21(15-38)26(43)33-20(10-11-24(41)42)30(47)37-13-3-5-23(37)31(48)49/h6-9,16,19-23,25,38-40H,2-5,10-15,32H2,1H3,(H,33,43)(H,34,45)(H,35,44)(H,41,42)(H,48,49)/t16-,19+,20+,21+,22+,23+,25+/m1/s1. The predicted molar refractivity (Wildman–Crippen MR) is 168 cm³/mol. The molecule has 270 valence electrons. The van der Waals surface area contributed by atoms with Crippen LogP contribution in [0.25, 0.3) is 0 Å². The third-order valence-electron chi connectivity index (χ3n) is 8.51. The van der Waals surface area contributed by atoms with Gasteiger partial charge in [0.1, 0.15) is 36.0 Å². The molecule has 5 amide bonds. The third kappa shape index (κ3) is 10.3. The molecule has 0 saturated carbocycles. The lowest BCUT2D eigenvalue weighted by molar-refractivity contribution is -0.150. The molecule has 0 spiro atoms. The van der Waals surface area contributed by atoms with Gasteiger partial charge in [-0.15, -0.1) is 0 Å². The zero-order valence-electron chi connectivity index (χ0n) is 27.0. The third-order valence-corrected chi connectivity index (χ3v) is 8.51. The van der Waals surface area contributed by atoms with Crippen molar-refractivity contribution in [2.24, 2.45) is 5.73 Å². The number of aliphatic hydroxyl groups is 2. The number of amides is 5. The molecular weight excluding hydrogens is 648 g/mol. The van der Waals surface area contributed by atoms with Crippen molar-refractivity contribution in [2.45, 2.75) is 94.2 Å². The average molecular weight is 693 g/mol. The number of carboxylic acid groups (broad SMARTS) is 2. The summed E-state index contributed by atoms with van der Waals surface area (Å²) in [5.41, 5.74) is 6.82. The SMILES string of the molecule is C[C@@H](O)[C@H](NC(=O)[C@@H]1CCCN1C(=O)[C@@H](N)Cc1ccc(O)cc1)C(=O)N[C@@H](CO)C(=O)N[C@@H](CCC(=O)O)C(=O)N1CCC[C@H]1C(=O)O. The second-order valence-electron chi connectivity index (χ2n) is 12.2. The first-order valence-electron chi connectivity index (χ1n) is 15.9. The van der Waals surface area contributed by atoms with E-state index in [9.17, 15) is 54.0 Å². The van der Waals surface area contributed by atoms with Crippen LogP contribution in [0.15, 0.2) is 24.3 Å². The Balaban J connectivity index is 1.66. The molecular formula is C31H44N6O12. The molecule has 2 heterocycles. The molecule has 0 aliphatic carbocycles. The van der Waals surface area contributed by atoms with Crippen molar-refractivity contribution in [1.82, 2.24) is 25.8 Å². The number of aliphatic carboxylic acids is 2. The average Bonchev–Trinajstić information content (AvgIpc) is 3.75. The fourth-order valence-electron chi connectivity index (χ4n) is 5.88. The molecule has 2 aliphatic heterocycles. The number of phenols is 1. The number of nitrogens with two attached hydrogens (primary N) is 1. The Morgan fingerprint density at radius 1 is 0.857 bits per heavy atom. The minimum Gasteiger partial charge on any atom is -0.508 e. The first-order chi connectivity index (χ1) is 23.1. The molecule has 0 aromatic heterocycles. The zero-order chi connectivity index (χ0) is 36.4. The fraction of sp³-hybridized carbons (Fsp3) is 0.581. The number of phenolic OH excluding ortho intramolecular Hbond substituents is 1. The fourth-order valence-corrected chi connectivity index (χ4v) is 5.88. The number of benzene rings is 1. The molecule has 0 bridgehead atoms. The summed E-state index contributed by atoms with van der Waals surface area (Å²) in [6, 6.07) is -1.94. The maximum Gasteiger partial charge on any atom is 0.326 e. The molecule has 10 N–H and O–H groups in total. The van der Waals surface area contributed by atoms with Gasteiger partial charge in [-0.05, 0) is 63.1 Å². The minimum absolute atomic E-state index is 0.0470. The number of nitrogens with zero attached hydrogens (tertiary/aromatic N) is 2.